The lowest BCUT2D eigenvalue weighted by Gasteiger charge is -2.36. The molecule has 0 spiro atoms. The Hall–Kier alpha value is -1.77. The molecule has 0 radical (unpaired) electrons. The Kier molecular flexibility index (Phi) is 4.25. The molecule has 0 N–H and O–H groups in total. The van der Waals surface area contributed by atoms with E-state index in [1.54, 1.807) is 12.0 Å². The van der Waals surface area contributed by atoms with Crippen LogP contribution in [0.25, 0.3) is 0 Å². The Morgan fingerprint density at radius 1 is 1.47 bits per heavy atom. The van der Waals surface area contributed by atoms with Gasteiger partial charge in [0.2, 0.25) is 5.91 Å². The van der Waals surface area contributed by atoms with E-state index in [0.29, 0.717) is 12.1 Å². The van der Waals surface area contributed by atoms with Crippen molar-refractivity contribution < 1.29 is 10.9 Å². The number of benzene rings is 1. The van der Waals surface area contributed by atoms with E-state index in [1.807, 2.05) is 45.0 Å². The summed E-state index contributed by atoms with van der Waals surface area (Å²) in [6, 6.07) is 7.64. The van der Waals surface area contributed by atoms with E-state index in [4.69, 9.17) is 6.11 Å². The summed E-state index contributed by atoms with van der Waals surface area (Å²) >= 11 is 0. The molecule has 19 heavy (non-hydrogen) atoms. The Morgan fingerprint density at radius 2 is 2.16 bits per heavy atom. The van der Waals surface area contributed by atoms with Gasteiger partial charge in [0.05, 0.1) is 7.11 Å². The average molecular weight is 262 g/mol. The number of hydrogen-bond acceptors (Lipinski definition) is 2. The van der Waals surface area contributed by atoms with Gasteiger partial charge >= 0.3 is 0 Å². The number of nitrogens with zero attached hydrogens (tertiary/aromatic N) is 1. The van der Waals surface area contributed by atoms with Crippen molar-refractivity contribution in [2.75, 3.05) is 7.11 Å². The van der Waals surface area contributed by atoms with Crippen LogP contribution in [0.5, 0.6) is 5.75 Å². The number of carbonyl (C=O) groups is 1. The number of methoxy groups -OCH3 is 1. The molecular weight excluding hydrogens is 238 g/mol. The zero-order valence-electron chi connectivity index (χ0n) is 13.2. The number of amides is 1. The zero-order chi connectivity index (χ0) is 15.3. The van der Waals surface area contributed by atoms with Crippen molar-refractivity contribution >= 4 is 5.91 Å². The van der Waals surface area contributed by atoms with Crippen molar-refractivity contribution in [3.8, 4) is 5.75 Å². The van der Waals surface area contributed by atoms with Crippen molar-refractivity contribution in [3.05, 3.63) is 42.0 Å². The molecule has 0 saturated heterocycles. The molecule has 0 aliphatic heterocycles. The fourth-order valence-electron chi connectivity index (χ4n) is 1.76. The van der Waals surface area contributed by atoms with Gasteiger partial charge in [0.25, 0.3) is 0 Å². The van der Waals surface area contributed by atoms with E-state index in [0.717, 1.165) is 11.3 Å². The van der Waals surface area contributed by atoms with Crippen molar-refractivity contribution in [2.45, 2.75) is 39.8 Å². The number of rotatable bonds is 4. The van der Waals surface area contributed by atoms with Crippen LogP contribution in [0.4, 0.5) is 0 Å². The monoisotopic (exact) mass is 262 g/mol. The molecule has 0 aromatic heterocycles. The minimum absolute atomic E-state index is 0.0798. The molecule has 0 aliphatic rings. The average Bonchev–Trinajstić information content (AvgIpc) is 2.42. The lowest BCUT2D eigenvalue weighted by molar-refractivity contribution is -0.132. The molecule has 1 amide bonds. The molecule has 1 aromatic carbocycles. The molecule has 1 rings (SSSR count). The lowest BCUT2D eigenvalue weighted by atomic mass is 10.0. The number of hydrogen-bond donors (Lipinski definition) is 0. The summed E-state index contributed by atoms with van der Waals surface area (Å²) in [4.78, 5) is 14.1. The number of carbonyl (C=O) groups excluding carboxylic acids is 1. The molecule has 3 nitrogen and oxygen atoms in total. The molecule has 0 unspecified atom stereocenters. The van der Waals surface area contributed by atoms with Crippen LogP contribution >= 0.6 is 0 Å². The maximum absolute atomic E-state index is 12.4. The van der Waals surface area contributed by atoms with E-state index in [-0.39, 0.29) is 18.3 Å². The second kappa shape index (κ2) is 5.91. The first-order valence-corrected chi connectivity index (χ1v) is 6.21. The minimum atomic E-state index is -0.335. The molecular formula is C16H23NO2. The predicted octanol–water partition coefficient (Wildman–Crippen LogP) is 3.40. The molecule has 104 valence electrons. The highest BCUT2D eigenvalue weighted by molar-refractivity contribution is 5.92. The first-order valence-electron chi connectivity index (χ1n) is 6.92. The van der Waals surface area contributed by atoms with Gasteiger partial charge in [-0.25, -0.2) is 0 Å². The van der Waals surface area contributed by atoms with Crippen LogP contribution in [0.3, 0.4) is 0 Å². The summed E-state index contributed by atoms with van der Waals surface area (Å²) in [6.45, 7) is 9.99. The highest BCUT2D eigenvalue weighted by Gasteiger charge is 2.26. The van der Waals surface area contributed by atoms with Gasteiger partial charge in [-0.2, -0.15) is 0 Å². The fraction of sp³-hybridized carbons (Fsp3) is 0.438. The van der Waals surface area contributed by atoms with Gasteiger partial charge in [0.1, 0.15) is 5.75 Å². The van der Waals surface area contributed by atoms with Crippen LogP contribution in [0.2, 0.25) is 0 Å². The van der Waals surface area contributed by atoms with Gasteiger partial charge < -0.3 is 9.64 Å². The van der Waals surface area contributed by atoms with E-state index >= 15 is 0 Å². The molecule has 0 bridgehead atoms. The summed E-state index contributed by atoms with van der Waals surface area (Å²) in [6.07, 6.45) is 0. The molecule has 3 heteroatoms. The Balaban J connectivity index is 3.01. The van der Waals surface area contributed by atoms with E-state index in [9.17, 15) is 4.79 Å². The van der Waals surface area contributed by atoms with Gasteiger partial charge in [-0.1, -0.05) is 18.7 Å². The second-order valence-corrected chi connectivity index (χ2v) is 5.52. The highest BCUT2D eigenvalue weighted by atomic mass is 16.5. The molecule has 0 fully saturated rings. The highest BCUT2D eigenvalue weighted by Crippen LogP contribution is 2.21. The Labute approximate surface area is 117 Å². The van der Waals surface area contributed by atoms with Crippen molar-refractivity contribution in [1.82, 2.24) is 4.90 Å². The van der Waals surface area contributed by atoms with Gasteiger partial charge in [-0.05, 0) is 45.4 Å². The van der Waals surface area contributed by atoms with Gasteiger partial charge in [-0.15, -0.1) is 0 Å². The van der Waals surface area contributed by atoms with Crippen LogP contribution in [0.15, 0.2) is 36.4 Å². The summed E-state index contributed by atoms with van der Waals surface area (Å²) in [5.74, 6) is 0.596. The molecule has 0 atom stereocenters. The third-order valence-electron chi connectivity index (χ3n) is 2.83. The molecule has 1 aromatic rings. The van der Waals surface area contributed by atoms with E-state index in [1.165, 1.54) is 0 Å². The quantitative estimate of drug-likeness (QED) is 0.778. The van der Waals surface area contributed by atoms with Crippen molar-refractivity contribution in [1.29, 1.82) is 0 Å². The van der Waals surface area contributed by atoms with E-state index in [2.05, 4.69) is 6.58 Å². The summed E-state index contributed by atoms with van der Waals surface area (Å²) in [7, 11) is 1.62. The van der Waals surface area contributed by atoms with Crippen LogP contribution in [0, 0.1) is 0 Å². The van der Waals surface area contributed by atoms with Crippen LogP contribution in [-0.4, -0.2) is 23.5 Å². The van der Waals surface area contributed by atoms with Crippen molar-refractivity contribution in [3.63, 3.8) is 0 Å². The third kappa shape index (κ3) is 4.12. The lowest BCUT2D eigenvalue weighted by Crippen LogP contribution is -2.45. The summed E-state index contributed by atoms with van der Waals surface area (Å²) < 4.78 is 12.5. The predicted molar refractivity (Wildman–Crippen MR) is 78.1 cm³/mol. The van der Waals surface area contributed by atoms with Crippen molar-refractivity contribution in [2.24, 2.45) is 0 Å². The first-order chi connectivity index (χ1) is 9.29. The van der Waals surface area contributed by atoms with Gasteiger partial charge in [-0.3, -0.25) is 4.79 Å². The summed E-state index contributed by atoms with van der Waals surface area (Å²) in [5.41, 5.74) is 0.964. The van der Waals surface area contributed by atoms with Crippen LogP contribution in [0.1, 0.15) is 34.6 Å². The van der Waals surface area contributed by atoms with Gasteiger partial charge in [0, 0.05) is 19.0 Å². The molecule has 0 aliphatic carbocycles. The Morgan fingerprint density at radius 3 is 2.68 bits per heavy atom. The van der Waals surface area contributed by atoms with Crippen LogP contribution in [-0.2, 0) is 11.3 Å². The van der Waals surface area contributed by atoms with Crippen LogP contribution < -0.4 is 4.74 Å². The maximum atomic E-state index is 12.4. The number of ether oxygens (including phenoxy) is 1. The summed E-state index contributed by atoms with van der Waals surface area (Å²) in [5, 5.41) is 0. The first kappa shape index (κ1) is 13.7. The smallest absolute Gasteiger partial charge is 0.249 e. The van der Waals surface area contributed by atoms with E-state index < -0.39 is 0 Å². The molecule has 0 saturated carbocycles. The van der Waals surface area contributed by atoms with Gasteiger partial charge in [0.15, 0.2) is 0 Å². The molecule has 0 heterocycles. The SMILES string of the molecule is [2H]CC(=C)C(=O)N(Cc1cccc(OC)c1)C(C)(C)C. The maximum Gasteiger partial charge on any atom is 0.249 e. The zero-order valence-corrected chi connectivity index (χ0v) is 12.2. The largest absolute Gasteiger partial charge is 0.497 e. The second-order valence-electron chi connectivity index (χ2n) is 5.52. The third-order valence-corrected chi connectivity index (χ3v) is 2.83. The minimum Gasteiger partial charge on any atom is -0.497 e. The topological polar surface area (TPSA) is 29.5 Å². The fourth-order valence-corrected chi connectivity index (χ4v) is 1.76. The standard InChI is InChI=1S/C16H23NO2/c1-12(2)15(18)17(16(3,4)5)11-13-8-7-9-14(10-13)19-6/h7-10H,1,11H2,2-6H3/i2D. The Bertz CT molecular complexity index is 491. The normalized spacial score (nSPS) is 11.7.